The molecule has 1 aromatic rings. The van der Waals surface area contributed by atoms with E-state index >= 15 is 0 Å². The van der Waals surface area contributed by atoms with Crippen LogP contribution >= 0.6 is 12.2 Å². The number of ether oxygens (including phenoxy) is 2. The van der Waals surface area contributed by atoms with E-state index < -0.39 is 0 Å². The van der Waals surface area contributed by atoms with Crippen LogP contribution < -0.4 is 20.9 Å². The van der Waals surface area contributed by atoms with Crippen molar-refractivity contribution in [2.45, 2.75) is 26.3 Å². The number of hydrogen-bond acceptors (Lipinski definition) is 4. The summed E-state index contributed by atoms with van der Waals surface area (Å²) in [6, 6.07) is 7.75. The molecule has 3 N–H and O–H groups in total. The normalized spacial score (nSPS) is 11.4. The summed E-state index contributed by atoms with van der Waals surface area (Å²) >= 11 is 5.04. The maximum Gasteiger partial charge on any atom is 0.241 e. The molecule has 0 heterocycles. The van der Waals surface area contributed by atoms with Crippen molar-refractivity contribution in [2.75, 3.05) is 20.3 Å². The smallest absolute Gasteiger partial charge is 0.241 e. The fourth-order valence-corrected chi connectivity index (χ4v) is 1.96. The highest BCUT2D eigenvalue weighted by Gasteiger charge is 2.05. The molecule has 0 spiro atoms. The van der Waals surface area contributed by atoms with Crippen LogP contribution in [0.25, 0.3) is 0 Å². The molecule has 1 rings (SSSR count). The van der Waals surface area contributed by atoms with E-state index in [4.69, 9.17) is 21.7 Å². The molecule has 22 heavy (non-hydrogen) atoms. The third-order valence-corrected chi connectivity index (χ3v) is 2.92. The van der Waals surface area contributed by atoms with Gasteiger partial charge in [0.05, 0.1) is 19.6 Å². The molecule has 0 aliphatic carbocycles. The maximum atomic E-state index is 11.7. The summed E-state index contributed by atoms with van der Waals surface area (Å²) in [5.41, 5.74) is 6.27. The largest absolute Gasteiger partial charge is 0.493 e. The molecule has 1 amide bonds. The van der Waals surface area contributed by atoms with Gasteiger partial charge >= 0.3 is 0 Å². The van der Waals surface area contributed by atoms with Crippen LogP contribution in [0.4, 0.5) is 0 Å². The van der Waals surface area contributed by atoms with Crippen molar-refractivity contribution in [2.24, 2.45) is 0 Å². The zero-order valence-electron chi connectivity index (χ0n) is 13.1. The highest BCUT2D eigenvalue weighted by molar-refractivity contribution is 7.80. The van der Waals surface area contributed by atoms with Gasteiger partial charge in [-0.25, -0.2) is 0 Å². The van der Waals surface area contributed by atoms with Gasteiger partial charge in [-0.05, 0) is 43.8 Å². The Hall–Kier alpha value is -1.86. The highest BCUT2D eigenvalue weighted by atomic mass is 32.1. The highest BCUT2D eigenvalue weighted by Crippen LogP contribution is 2.12. The van der Waals surface area contributed by atoms with Crippen molar-refractivity contribution in [3.63, 3.8) is 0 Å². The van der Waals surface area contributed by atoms with Crippen LogP contribution in [-0.2, 0) is 9.53 Å². The Morgan fingerprint density at radius 2 is 2.14 bits per heavy atom. The van der Waals surface area contributed by atoms with Crippen LogP contribution in [0.15, 0.2) is 24.3 Å². The second-order valence-corrected chi connectivity index (χ2v) is 5.33. The van der Waals surface area contributed by atoms with Gasteiger partial charge in [-0.3, -0.25) is 15.6 Å². The lowest BCUT2D eigenvalue weighted by molar-refractivity contribution is -0.122. The second-order valence-electron chi connectivity index (χ2n) is 4.92. The predicted octanol–water partition coefficient (Wildman–Crippen LogP) is 1.29. The van der Waals surface area contributed by atoms with Crippen LogP contribution in [0.2, 0.25) is 0 Å². The summed E-state index contributed by atoms with van der Waals surface area (Å²) in [5.74, 6) is 0.558. The summed E-state index contributed by atoms with van der Waals surface area (Å²) in [5, 5.41) is 3.32. The Morgan fingerprint density at radius 1 is 1.36 bits per heavy atom. The van der Waals surface area contributed by atoms with Gasteiger partial charge in [-0.15, -0.1) is 0 Å². The first-order valence-electron chi connectivity index (χ1n) is 7.05. The van der Waals surface area contributed by atoms with Crippen LogP contribution in [0.3, 0.4) is 0 Å². The van der Waals surface area contributed by atoms with E-state index in [0.717, 1.165) is 11.3 Å². The number of nitrogens with one attached hydrogen (secondary N) is 3. The molecule has 122 valence electrons. The summed E-state index contributed by atoms with van der Waals surface area (Å²) in [4.78, 5) is 11.7. The van der Waals surface area contributed by atoms with Crippen molar-refractivity contribution >= 4 is 23.2 Å². The lowest BCUT2D eigenvalue weighted by Crippen LogP contribution is -2.50. The van der Waals surface area contributed by atoms with Crippen LogP contribution in [0.1, 0.15) is 18.9 Å². The minimum absolute atomic E-state index is 0.0616. The molecule has 0 aliphatic heterocycles. The Morgan fingerprint density at radius 3 is 2.82 bits per heavy atom. The van der Waals surface area contributed by atoms with E-state index in [1.165, 1.54) is 0 Å². The van der Waals surface area contributed by atoms with Crippen LogP contribution in [-0.4, -0.2) is 37.4 Å². The van der Waals surface area contributed by atoms with Crippen molar-refractivity contribution in [3.8, 4) is 5.75 Å². The van der Waals surface area contributed by atoms with Crippen molar-refractivity contribution in [1.82, 2.24) is 16.2 Å². The number of carbonyl (C=O) groups is 1. The number of carbonyl (C=O) groups excluding carboxylic acids is 1. The van der Waals surface area contributed by atoms with E-state index in [1.54, 1.807) is 7.11 Å². The standard InChI is InChI=1S/C15H23N3O3S/c1-11-5-4-6-13(9-11)21-8-7-14(19)17-18-15(22)16-12(2)10-20-3/h4-6,9,12H,7-8,10H2,1-3H3,(H,17,19)(H2,16,18,22)/t12-/m1/s1. The summed E-state index contributed by atoms with van der Waals surface area (Å²) in [6.07, 6.45) is 0.233. The Balaban J connectivity index is 2.17. The molecule has 0 bridgehead atoms. The lowest BCUT2D eigenvalue weighted by atomic mass is 10.2. The van der Waals surface area contributed by atoms with E-state index in [2.05, 4.69) is 16.2 Å². The Bertz CT molecular complexity index is 497. The third-order valence-electron chi connectivity index (χ3n) is 2.70. The van der Waals surface area contributed by atoms with E-state index in [9.17, 15) is 4.79 Å². The molecule has 0 radical (unpaired) electrons. The number of hydrogen-bond donors (Lipinski definition) is 3. The van der Waals surface area contributed by atoms with Crippen molar-refractivity contribution in [1.29, 1.82) is 0 Å². The molecule has 0 aromatic heterocycles. The second kappa shape index (κ2) is 9.97. The molecule has 7 heteroatoms. The Kier molecular flexibility index (Phi) is 8.24. The van der Waals surface area contributed by atoms with Gasteiger partial charge in [0.2, 0.25) is 5.91 Å². The molecule has 6 nitrogen and oxygen atoms in total. The average molecular weight is 325 g/mol. The summed E-state index contributed by atoms with van der Waals surface area (Å²) < 4.78 is 10.5. The van der Waals surface area contributed by atoms with Gasteiger partial charge in [-0.1, -0.05) is 12.1 Å². The van der Waals surface area contributed by atoms with Gasteiger partial charge in [-0.2, -0.15) is 0 Å². The zero-order valence-corrected chi connectivity index (χ0v) is 14.0. The Labute approximate surface area is 136 Å². The van der Waals surface area contributed by atoms with E-state index in [1.807, 2.05) is 38.1 Å². The minimum Gasteiger partial charge on any atom is -0.493 e. The number of rotatable bonds is 7. The minimum atomic E-state index is -0.198. The topological polar surface area (TPSA) is 71.6 Å². The summed E-state index contributed by atoms with van der Waals surface area (Å²) in [6.45, 7) is 4.74. The van der Waals surface area contributed by atoms with Gasteiger partial charge < -0.3 is 14.8 Å². The maximum absolute atomic E-state index is 11.7. The molecule has 1 atom stereocenters. The number of methoxy groups -OCH3 is 1. The first kappa shape index (κ1) is 18.2. The molecule has 0 fully saturated rings. The van der Waals surface area contributed by atoms with Gasteiger partial charge in [0, 0.05) is 13.2 Å². The number of benzene rings is 1. The van der Waals surface area contributed by atoms with E-state index in [-0.39, 0.29) is 18.4 Å². The number of amides is 1. The van der Waals surface area contributed by atoms with Gasteiger partial charge in [0.1, 0.15) is 5.75 Å². The molecular formula is C15H23N3O3S. The fraction of sp³-hybridized carbons (Fsp3) is 0.467. The third kappa shape index (κ3) is 7.80. The SMILES string of the molecule is COC[C@@H](C)NC(=S)NNC(=O)CCOc1cccc(C)c1. The number of hydrazine groups is 1. The number of aryl methyl sites for hydroxylation is 1. The lowest BCUT2D eigenvalue weighted by Gasteiger charge is -2.16. The average Bonchev–Trinajstić information content (AvgIpc) is 2.45. The first-order valence-corrected chi connectivity index (χ1v) is 7.46. The van der Waals surface area contributed by atoms with E-state index in [0.29, 0.717) is 18.3 Å². The summed E-state index contributed by atoms with van der Waals surface area (Å²) in [7, 11) is 1.62. The molecule has 0 saturated heterocycles. The zero-order chi connectivity index (χ0) is 16.4. The van der Waals surface area contributed by atoms with Crippen LogP contribution in [0, 0.1) is 6.92 Å². The monoisotopic (exact) mass is 325 g/mol. The molecule has 0 aliphatic rings. The van der Waals surface area contributed by atoms with Crippen molar-refractivity contribution in [3.05, 3.63) is 29.8 Å². The number of thiocarbonyl (C=S) groups is 1. The predicted molar refractivity (Wildman–Crippen MR) is 89.6 cm³/mol. The molecule has 0 saturated carbocycles. The van der Waals surface area contributed by atoms with Gasteiger partial charge in [0.25, 0.3) is 0 Å². The molecular weight excluding hydrogens is 302 g/mol. The van der Waals surface area contributed by atoms with Crippen molar-refractivity contribution < 1.29 is 14.3 Å². The fourth-order valence-electron chi connectivity index (χ4n) is 1.71. The quantitative estimate of drug-likeness (QED) is 0.518. The molecule has 1 aromatic carbocycles. The molecule has 0 unspecified atom stereocenters. The van der Waals surface area contributed by atoms with Gasteiger partial charge in [0.15, 0.2) is 5.11 Å². The first-order chi connectivity index (χ1) is 10.5. The van der Waals surface area contributed by atoms with Crippen LogP contribution in [0.5, 0.6) is 5.75 Å².